The minimum Gasteiger partial charge on any atom is -0.494 e. The predicted octanol–water partition coefficient (Wildman–Crippen LogP) is 1.94. The Morgan fingerprint density at radius 3 is 2.59 bits per heavy atom. The maximum Gasteiger partial charge on any atom is 0.119 e. The fraction of sp³-hybridized carbons (Fsp3) is 0.538. The fourth-order valence-electron chi connectivity index (χ4n) is 1.50. The monoisotopic (exact) mass is 255 g/mol. The Balaban J connectivity index is 2.20. The van der Waals surface area contributed by atoms with E-state index in [1.165, 1.54) is 5.56 Å². The zero-order valence-electron chi connectivity index (χ0n) is 10.6. The second-order valence-electron chi connectivity index (χ2n) is 3.88. The third kappa shape index (κ3) is 6.44. The van der Waals surface area contributed by atoms with Gasteiger partial charge in [0.25, 0.3) is 0 Å². The highest BCUT2D eigenvalue weighted by Crippen LogP contribution is 2.11. The van der Waals surface area contributed by atoms with E-state index in [0.29, 0.717) is 6.61 Å². The minimum atomic E-state index is -0.676. The molecule has 3 nitrogen and oxygen atoms in total. The molecule has 0 saturated carbocycles. The van der Waals surface area contributed by atoms with Crippen LogP contribution in [0.25, 0.3) is 0 Å². The molecule has 0 radical (unpaired) electrons. The summed E-state index contributed by atoms with van der Waals surface area (Å²) < 4.78 is 16.2. The van der Waals surface area contributed by atoms with Crippen molar-refractivity contribution in [2.75, 3.05) is 25.2 Å². The number of ether oxygens (including phenoxy) is 1. The molecular weight excluding hydrogens is 234 g/mol. The van der Waals surface area contributed by atoms with E-state index < -0.39 is 10.8 Å². The number of rotatable bonds is 8. The molecular formula is C13H21NO2S. The SMILES string of the molecule is CCOc1ccc(CNCCCS(C)=O)cc1. The Morgan fingerprint density at radius 2 is 2.00 bits per heavy atom. The number of nitrogens with one attached hydrogen (secondary N) is 1. The van der Waals surface area contributed by atoms with Crippen molar-refractivity contribution in [2.24, 2.45) is 0 Å². The molecule has 0 aliphatic carbocycles. The van der Waals surface area contributed by atoms with Crippen molar-refractivity contribution in [2.45, 2.75) is 19.9 Å². The lowest BCUT2D eigenvalue weighted by Crippen LogP contribution is -2.16. The lowest BCUT2D eigenvalue weighted by molar-refractivity contribution is 0.340. The standard InChI is InChI=1S/C13H21NO2S/c1-3-16-13-7-5-12(6-8-13)11-14-9-4-10-17(2)15/h5-8,14H,3-4,9-11H2,1-2H3. The van der Waals surface area contributed by atoms with E-state index in [0.717, 1.165) is 31.0 Å². The van der Waals surface area contributed by atoms with Crippen molar-refractivity contribution in [1.29, 1.82) is 0 Å². The first-order valence-electron chi connectivity index (χ1n) is 5.95. The molecule has 1 aromatic rings. The van der Waals surface area contributed by atoms with Crippen molar-refractivity contribution in [3.8, 4) is 5.75 Å². The van der Waals surface area contributed by atoms with Crippen LogP contribution in [0.3, 0.4) is 0 Å². The van der Waals surface area contributed by atoms with Gasteiger partial charge in [-0.1, -0.05) is 12.1 Å². The van der Waals surface area contributed by atoms with Crippen molar-refractivity contribution in [3.63, 3.8) is 0 Å². The molecule has 1 rings (SSSR count). The first kappa shape index (κ1) is 14.2. The van der Waals surface area contributed by atoms with Gasteiger partial charge in [0.15, 0.2) is 0 Å². The topological polar surface area (TPSA) is 38.3 Å². The minimum absolute atomic E-state index is 0.676. The van der Waals surface area contributed by atoms with Gasteiger partial charge in [-0.2, -0.15) is 0 Å². The molecule has 0 saturated heterocycles. The molecule has 1 atom stereocenters. The van der Waals surface area contributed by atoms with Gasteiger partial charge in [-0.15, -0.1) is 0 Å². The van der Waals surface area contributed by atoms with E-state index in [-0.39, 0.29) is 0 Å². The summed E-state index contributed by atoms with van der Waals surface area (Å²) in [5, 5.41) is 3.33. The Bertz CT molecular complexity index is 338. The van der Waals surface area contributed by atoms with Crippen LogP contribution in [0.4, 0.5) is 0 Å². The van der Waals surface area contributed by atoms with Gasteiger partial charge in [0, 0.05) is 29.4 Å². The third-order valence-corrected chi connectivity index (χ3v) is 3.21. The molecule has 0 spiro atoms. The molecule has 0 aliphatic heterocycles. The van der Waals surface area contributed by atoms with E-state index in [1.807, 2.05) is 19.1 Å². The summed E-state index contributed by atoms with van der Waals surface area (Å²) in [5.74, 6) is 1.69. The third-order valence-electron chi connectivity index (χ3n) is 2.35. The molecule has 0 aliphatic rings. The van der Waals surface area contributed by atoms with Crippen LogP contribution in [0.15, 0.2) is 24.3 Å². The van der Waals surface area contributed by atoms with E-state index in [1.54, 1.807) is 6.26 Å². The summed E-state index contributed by atoms with van der Waals surface area (Å²) in [5.41, 5.74) is 1.24. The quantitative estimate of drug-likeness (QED) is 0.722. The molecule has 17 heavy (non-hydrogen) atoms. The van der Waals surface area contributed by atoms with Gasteiger partial charge in [-0.25, -0.2) is 0 Å². The van der Waals surface area contributed by atoms with Crippen molar-refractivity contribution in [1.82, 2.24) is 5.32 Å². The summed E-state index contributed by atoms with van der Waals surface area (Å²) in [6, 6.07) is 8.11. The molecule has 1 unspecified atom stereocenters. The molecule has 96 valence electrons. The predicted molar refractivity (Wildman–Crippen MR) is 72.9 cm³/mol. The molecule has 4 heteroatoms. The summed E-state index contributed by atoms with van der Waals surface area (Å²) in [7, 11) is -0.676. The van der Waals surface area contributed by atoms with Crippen molar-refractivity contribution < 1.29 is 8.95 Å². The average molecular weight is 255 g/mol. The molecule has 1 aromatic carbocycles. The van der Waals surface area contributed by atoms with Crippen LogP contribution in [0, 0.1) is 0 Å². The Kier molecular flexibility index (Phi) is 6.89. The van der Waals surface area contributed by atoms with Gasteiger partial charge in [-0.05, 0) is 37.6 Å². The smallest absolute Gasteiger partial charge is 0.119 e. The maximum atomic E-state index is 10.8. The highest BCUT2D eigenvalue weighted by atomic mass is 32.2. The number of hydrogen-bond acceptors (Lipinski definition) is 3. The lowest BCUT2D eigenvalue weighted by Gasteiger charge is -2.06. The van der Waals surface area contributed by atoms with Gasteiger partial charge >= 0.3 is 0 Å². The summed E-state index contributed by atoms with van der Waals surface area (Å²) in [6.07, 6.45) is 2.70. The van der Waals surface area contributed by atoms with Crippen LogP contribution in [0.5, 0.6) is 5.75 Å². The molecule has 0 bridgehead atoms. The Labute approximate surface area is 106 Å². The molecule has 0 aromatic heterocycles. The molecule has 0 fully saturated rings. The van der Waals surface area contributed by atoms with Gasteiger partial charge in [0.1, 0.15) is 5.75 Å². The van der Waals surface area contributed by atoms with Crippen LogP contribution in [0.1, 0.15) is 18.9 Å². The van der Waals surface area contributed by atoms with Crippen LogP contribution in [-0.2, 0) is 17.3 Å². The first-order valence-corrected chi connectivity index (χ1v) is 7.67. The van der Waals surface area contributed by atoms with Crippen LogP contribution in [-0.4, -0.2) is 29.4 Å². The second-order valence-corrected chi connectivity index (χ2v) is 5.44. The summed E-state index contributed by atoms with van der Waals surface area (Å²) in [4.78, 5) is 0. The van der Waals surface area contributed by atoms with Gasteiger partial charge in [0.05, 0.1) is 6.61 Å². The molecule has 1 N–H and O–H groups in total. The summed E-state index contributed by atoms with van der Waals surface area (Å²) in [6.45, 7) is 4.44. The van der Waals surface area contributed by atoms with E-state index in [4.69, 9.17) is 4.74 Å². The molecule has 0 heterocycles. The van der Waals surface area contributed by atoms with Crippen LogP contribution >= 0.6 is 0 Å². The van der Waals surface area contributed by atoms with Gasteiger partial charge in [-0.3, -0.25) is 4.21 Å². The van der Waals surface area contributed by atoms with E-state index >= 15 is 0 Å². The Hall–Kier alpha value is -0.870. The van der Waals surface area contributed by atoms with E-state index in [9.17, 15) is 4.21 Å². The number of benzene rings is 1. The van der Waals surface area contributed by atoms with Crippen LogP contribution in [0.2, 0.25) is 0 Å². The highest BCUT2D eigenvalue weighted by molar-refractivity contribution is 7.84. The van der Waals surface area contributed by atoms with Crippen molar-refractivity contribution >= 4 is 10.8 Å². The van der Waals surface area contributed by atoms with Gasteiger partial charge < -0.3 is 10.1 Å². The van der Waals surface area contributed by atoms with Crippen LogP contribution < -0.4 is 10.1 Å². The lowest BCUT2D eigenvalue weighted by atomic mass is 10.2. The zero-order valence-corrected chi connectivity index (χ0v) is 11.4. The fourth-order valence-corrected chi connectivity index (χ4v) is 2.05. The maximum absolute atomic E-state index is 10.8. The van der Waals surface area contributed by atoms with Gasteiger partial charge in [0.2, 0.25) is 0 Å². The Morgan fingerprint density at radius 1 is 1.29 bits per heavy atom. The summed E-state index contributed by atoms with van der Waals surface area (Å²) >= 11 is 0. The van der Waals surface area contributed by atoms with Crippen molar-refractivity contribution in [3.05, 3.63) is 29.8 Å². The normalized spacial score (nSPS) is 12.4. The largest absolute Gasteiger partial charge is 0.494 e. The molecule has 0 amide bonds. The second kappa shape index (κ2) is 8.25. The average Bonchev–Trinajstić information content (AvgIpc) is 2.31. The highest BCUT2D eigenvalue weighted by Gasteiger charge is 1.95. The number of hydrogen-bond donors (Lipinski definition) is 1. The first-order chi connectivity index (χ1) is 8.22. The van der Waals surface area contributed by atoms with E-state index in [2.05, 4.69) is 17.4 Å². The zero-order chi connectivity index (χ0) is 12.5.